The van der Waals surface area contributed by atoms with Crippen LogP contribution >= 0.6 is 11.6 Å². The van der Waals surface area contributed by atoms with E-state index in [0.29, 0.717) is 18.7 Å². The van der Waals surface area contributed by atoms with E-state index in [4.69, 9.17) is 16.3 Å². The van der Waals surface area contributed by atoms with Crippen molar-refractivity contribution in [1.29, 1.82) is 0 Å². The Morgan fingerprint density at radius 3 is 2.31 bits per heavy atom. The maximum Gasteiger partial charge on any atom is 0.254 e. The Bertz CT molecular complexity index is 1100. The third-order valence-corrected chi connectivity index (χ3v) is 6.86. The highest BCUT2D eigenvalue weighted by Gasteiger charge is 2.26. The number of benzene rings is 2. The van der Waals surface area contributed by atoms with Gasteiger partial charge in [-0.05, 0) is 56.8 Å². The lowest BCUT2D eigenvalue weighted by Gasteiger charge is -2.35. The molecule has 1 aliphatic rings. The summed E-state index contributed by atoms with van der Waals surface area (Å²) in [5, 5.41) is 2.87. The van der Waals surface area contributed by atoms with Gasteiger partial charge in [-0.25, -0.2) is 13.1 Å². The average molecular weight is 480 g/mol. The van der Waals surface area contributed by atoms with Crippen LogP contribution in [-0.2, 0) is 21.3 Å². The highest BCUT2D eigenvalue weighted by molar-refractivity contribution is 7.89. The summed E-state index contributed by atoms with van der Waals surface area (Å²) in [7, 11) is -2.41. The second kappa shape index (κ2) is 9.99. The highest BCUT2D eigenvalue weighted by Crippen LogP contribution is 2.21. The largest absolute Gasteiger partial charge is 0.372 e. The molecule has 0 saturated carbocycles. The number of hydrogen-bond donors (Lipinski definition) is 2. The number of sulfonamides is 1. The predicted molar refractivity (Wildman–Crippen MR) is 121 cm³/mol. The average Bonchev–Trinajstić information content (AvgIpc) is 2.76. The van der Waals surface area contributed by atoms with Gasteiger partial charge in [0.25, 0.3) is 11.8 Å². The summed E-state index contributed by atoms with van der Waals surface area (Å²) in [5.41, 5.74) is 1.41. The lowest BCUT2D eigenvalue weighted by molar-refractivity contribution is -0.0586. The van der Waals surface area contributed by atoms with Crippen molar-refractivity contribution in [2.24, 2.45) is 0 Å². The molecule has 2 aromatic carbocycles. The molecule has 0 radical (unpaired) electrons. The summed E-state index contributed by atoms with van der Waals surface area (Å²) in [6.07, 6.45) is -0.0174. The second-order valence-electron chi connectivity index (χ2n) is 7.70. The molecule has 0 aliphatic carbocycles. The molecule has 0 bridgehead atoms. The number of rotatable bonds is 6. The molecule has 3 rings (SSSR count). The van der Waals surface area contributed by atoms with Gasteiger partial charge in [-0.15, -0.1) is 0 Å². The van der Waals surface area contributed by atoms with Crippen LogP contribution in [0, 0.1) is 0 Å². The Kier molecular flexibility index (Phi) is 7.55. The maximum atomic E-state index is 12.8. The quantitative estimate of drug-likeness (QED) is 0.662. The van der Waals surface area contributed by atoms with Crippen LogP contribution < -0.4 is 10.0 Å². The van der Waals surface area contributed by atoms with Gasteiger partial charge >= 0.3 is 0 Å². The van der Waals surface area contributed by atoms with Gasteiger partial charge in [0.1, 0.15) is 0 Å². The molecule has 32 heavy (non-hydrogen) atoms. The van der Waals surface area contributed by atoms with Crippen molar-refractivity contribution in [2.75, 3.05) is 20.1 Å². The normalized spacial score (nSPS) is 18.9. The van der Waals surface area contributed by atoms with Crippen LogP contribution in [0.3, 0.4) is 0 Å². The first kappa shape index (κ1) is 24.2. The van der Waals surface area contributed by atoms with E-state index >= 15 is 0 Å². The molecule has 1 aliphatic heterocycles. The molecule has 2 atom stereocenters. The Hall–Kier alpha value is -2.46. The molecule has 0 spiro atoms. The van der Waals surface area contributed by atoms with E-state index in [-0.39, 0.29) is 40.1 Å². The number of morpholine rings is 1. The standard InChI is InChI=1S/C22H26ClN3O5S/c1-14-12-26(13-15(2)31-14)22(28)17-6-4-16(5-7-17)11-25-21(27)19-10-18(8-9-20(19)23)32(29,30)24-3/h4-10,14-15,24H,11-13H2,1-3H3,(H,25,27). The first-order valence-electron chi connectivity index (χ1n) is 10.2. The number of carbonyl (C=O) groups excluding carboxylic acids is 2. The van der Waals surface area contributed by atoms with Crippen LogP contribution in [0.1, 0.15) is 40.1 Å². The van der Waals surface area contributed by atoms with Crippen molar-refractivity contribution < 1.29 is 22.7 Å². The minimum atomic E-state index is -3.70. The van der Waals surface area contributed by atoms with E-state index in [1.807, 2.05) is 13.8 Å². The van der Waals surface area contributed by atoms with E-state index in [1.54, 1.807) is 29.2 Å². The summed E-state index contributed by atoms with van der Waals surface area (Å²) < 4.78 is 31.8. The van der Waals surface area contributed by atoms with Gasteiger partial charge in [0.15, 0.2) is 0 Å². The van der Waals surface area contributed by atoms with Crippen molar-refractivity contribution >= 4 is 33.4 Å². The molecule has 2 unspecified atom stereocenters. The number of amides is 2. The van der Waals surface area contributed by atoms with Crippen LogP contribution in [-0.4, -0.2) is 57.5 Å². The fourth-order valence-electron chi connectivity index (χ4n) is 3.53. The zero-order valence-corrected chi connectivity index (χ0v) is 19.7. The molecule has 0 aromatic heterocycles. The van der Waals surface area contributed by atoms with E-state index in [1.165, 1.54) is 25.2 Å². The first-order valence-corrected chi connectivity index (χ1v) is 12.0. The second-order valence-corrected chi connectivity index (χ2v) is 9.99. The van der Waals surface area contributed by atoms with Crippen molar-refractivity contribution in [3.63, 3.8) is 0 Å². The lowest BCUT2D eigenvalue weighted by Crippen LogP contribution is -2.48. The zero-order chi connectivity index (χ0) is 23.5. The Morgan fingerprint density at radius 2 is 1.72 bits per heavy atom. The fraction of sp³-hybridized carbons (Fsp3) is 0.364. The first-order chi connectivity index (χ1) is 15.1. The Balaban J connectivity index is 1.65. The molecule has 172 valence electrons. The summed E-state index contributed by atoms with van der Waals surface area (Å²) in [6, 6.07) is 10.9. The van der Waals surface area contributed by atoms with Crippen molar-refractivity contribution in [2.45, 2.75) is 37.5 Å². The Morgan fingerprint density at radius 1 is 1.09 bits per heavy atom. The number of halogens is 1. The van der Waals surface area contributed by atoms with Gasteiger partial charge in [-0.1, -0.05) is 23.7 Å². The number of carbonyl (C=O) groups is 2. The molecule has 1 heterocycles. The summed E-state index contributed by atoms with van der Waals surface area (Å²) >= 11 is 6.09. The maximum absolute atomic E-state index is 12.8. The zero-order valence-electron chi connectivity index (χ0n) is 18.1. The van der Waals surface area contributed by atoms with Crippen LogP contribution in [0.15, 0.2) is 47.4 Å². The summed E-state index contributed by atoms with van der Waals surface area (Å²) in [6.45, 7) is 5.17. The molecule has 1 fully saturated rings. The van der Waals surface area contributed by atoms with Gasteiger partial charge in [0, 0.05) is 25.2 Å². The van der Waals surface area contributed by atoms with Crippen LogP contribution in [0.2, 0.25) is 5.02 Å². The van der Waals surface area contributed by atoms with Gasteiger partial charge in [0.2, 0.25) is 10.0 Å². The summed E-state index contributed by atoms with van der Waals surface area (Å²) in [5.74, 6) is -0.559. The van der Waals surface area contributed by atoms with E-state index in [0.717, 1.165) is 5.56 Å². The number of ether oxygens (including phenoxy) is 1. The van der Waals surface area contributed by atoms with E-state index in [2.05, 4.69) is 10.0 Å². The highest BCUT2D eigenvalue weighted by atomic mass is 35.5. The smallest absolute Gasteiger partial charge is 0.254 e. The fourth-order valence-corrected chi connectivity index (χ4v) is 4.49. The van der Waals surface area contributed by atoms with Gasteiger partial charge in [-0.2, -0.15) is 0 Å². The summed E-state index contributed by atoms with van der Waals surface area (Å²) in [4.78, 5) is 27.1. The number of hydrogen-bond acceptors (Lipinski definition) is 5. The van der Waals surface area contributed by atoms with Crippen molar-refractivity contribution in [3.05, 3.63) is 64.2 Å². The van der Waals surface area contributed by atoms with Crippen LogP contribution in [0.5, 0.6) is 0 Å². The molecule has 10 heteroatoms. The third-order valence-electron chi connectivity index (χ3n) is 5.12. The molecule has 2 N–H and O–H groups in total. The molecular formula is C22H26ClN3O5S. The lowest BCUT2D eigenvalue weighted by atomic mass is 10.1. The number of nitrogens with zero attached hydrogens (tertiary/aromatic N) is 1. The molecular weight excluding hydrogens is 454 g/mol. The van der Waals surface area contributed by atoms with Crippen molar-refractivity contribution in [3.8, 4) is 0 Å². The minimum Gasteiger partial charge on any atom is -0.372 e. The molecule has 8 nitrogen and oxygen atoms in total. The van der Waals surface area contributed by atoms with Crippen LogP contribution in [0.4, 0.5) is 0 Å². The Labute approximate surface area is 192 Å². The minimum absolute atomic E-state index is 0.00870. The molecule has 1 saturated heterocycles. The molecule has 2 amide bonds. The van der Waals surface area contributed by atoms with E-state index < -0.39 is 15.9 Å². The van der Waals surface area contributed by atoms with Gasteiger partial charge in [-0.3, -0.25) is 9.59 Å². The van der Waals surface area contributed by atoms with Gasteiger partial charge in [0.05, 0.1) is 27.7 Å². The predicted octanol–water partition coefficient (Wildman–Crippen LogP) is 2.43. The van der Waals surface area contributed by atoms with Crippen molar-refractivity contribution in [1.82, 2.24) is 14.9 Å². The SMILES string of the molecule is CNS(=O)(=O)c1ccc(Cl)c(C(=O)NCc2ccc(C(=O)N3CC(C)OC(C)C3)cc2)c1. The third kappa shape index (κ3) is 5.66. The topological polar surface area (TPSA) is 105 Å². The van der Waals surface area contributed by atoms with Crippen LogP contribution in [0.25, 0.3) is 0 Å². The monoisotopic (exact) mass is 479 g/mol. The number of nitrogens with one attached hydrogen (secondary N) is 2. The van der Waals surface area contributed by atoms with E-state index in [9.17, 15) is 18.0 Å². The van der Waals surface area contributed by atoms with Gasteiger partial charge < -0.3 is 15.0 Å². The molecule has 2 aromatic rings.